The van der Waals surface area contributed by atoms with E-state index in [2.05, 4.69) is 21.2 Å². The fourth-order valence-electron chi connectivity index (χ4n) is 1.94. The molecule has 2 aromatic rings. The Morgan fingerprint density at radius 1 is 1.20 bits per heavy atom. The van der Waals surface area contributed by atoms with Crippen molar-refractivity contribution in [2.45, 2.75) is 19.9 Å². The van der Waals surface area contributed by atoms with Crippen LogP contribution in [0, 0.1) is 5.82 Å². The molecule has 1 unspecified atom stereocenters. The fraction of sp³-hybridized carbons (Fsp3) is 0.250. The summed E-state index contributed by atoms with van der Waals surface area (Å²) in [6.45, 7) is 4.88. The molecule has 0 spiro atoms. The van der Waals surface area contributed by atoms with Crippen LogP contribution < -0.4 is 10.1 Å². The minimum Gasteiger partial charge on any atom is -0.453 e. The second-order valence-corrected chi connectivity index (χ2v) is 5.36. The van der Waals surface area contributed by atoms with Crippen LogP contribution in [0.5, 0.6) is 11.5 Å². The Balaban J connectivity index is 2.20. The Morgan fingerprint density at radius 3 is 2.60 bits per heavy atom. The first-order valence-electron chi connectivity index (χ1n) is 6.57. The van der Waals surface area contributed by atoms with Gasteiger partial charge in [0.05, 0.1) is 4.47 Å². The minimum atomic E-state index is -0.358. The van der Waals surface area contributed by atoms with Gasteiger partial charge in [-0.15, -0.1) is 0 Å². The Kier molecular flexibility index (Phi) is 5.15. The molecule has 106 valence electrons. The van der Waals surface area contributed by atoms with Gasteiger partial charge in [-0.25, -0.2) is 4.39 Å². The number of hydrogen-bond acceptors (Lipinski definition) is 2. The van der Waals surface area contributed by atoms with Crippen molar-refractivity contribution < 1.29 is 9.13 Å². The summed E-state index contributed by atoms with van der Waals surface area (Å²) in [7, 11) is 0. The SMILES string of the molecule is CCNC(C)c1ccc(Oc2ccccc2Br)c(F)c1. The second kappa shape index (κ2) is 6.86. The molecule has 0 aliphatic carbocycles. The summed E-state index contributed by atoms with van der Waals surface area (Å²) in [5.74, 6) is 0.464. The first-order valence-corrected chi connectivity index (χ1v) is 7.36. The van der Waals surface area contributed by atoms with E-state index in [4.69, 9.17) is 4.74 Å². The summed E-state index contributed by atoms with van der Waals surface area (Å²) in [6.07, 6.45) is 0. The van der Waals surface area contributed by atoms with E-state index in [1.807, 2.05) is 38.1 Å². The van der Waals surface area contributed by atoms with Crippen LogP contribution in [-0.2, 0) is 0 Å². The van der Waals surface area contributed by atoms with Crippen LogP contribution >= 0.6 is 15.9 Å². The van der Waals surface area contributed by atoms with Crippen LogP contribution in [0.25, 0.3) is 0 Å². The maximum Gasteiger partial charge on any atom is 0.166 e. The van der Waals surface area contributed by atoms with Crippen molar-refractivity contribution in [1.82, 2.24) is 5.32 Å². The molecule has 4 heteroatoms. The van der Waals surface area contributed by atoms with Crippen molar-refractivity contribution in [2.24, 2.45) is 0 Å². The Morgan fingerprint density at radius 2 is 1.95 bits per heavy atom. The van der Waals surface area contributed by atoms with Crippen molar-refractivity contribution in [3.63, 3.8) is 0 Å². The number of benzene rings is 2. The average Bonchev–Trinajstić information content (AvgIpc) is 2.43. The van der Waals surface area contributed by atoms with Crippen molar-refractivity contribution in [3.8, 4) is 11.5 Å². The summed E-state index contributed by atoms with van der Waals surface area (Å²) >= 11 is 3.38. The molecule has 0 saturated heterocycles. The van der Waals surface area contributed by atoms with Gasteiger partial charge in [0.2, 0.25) is 0 Å². The topological polar surface area (TPSA) is 21.3 Å². The number of halogens is 2. The zero-order chi connectivity index (χ0) is 14.5. The van der Waals surface area contributed by atoms with Gasteiger partial charge >= 0.3 is 0 Å². The molecule has 2 nitrogen and oxygen atoms in total. The van der Waals surface area contributed by atoms with Gasteiger partial charge in [0.1, 0.15) is 5.75 Å². The molecule has 1 atom stereocenters. The van der Waals surface area contributed by atoms with Gasteiger partial charge in [-0.1, -0.05) is 25.1 Å². The lowest BCUT2D eigenvalue weighted by molar-refractivity contribution is 0.438. The van der Waals surface area contributed by atoms with Gasteiger partial charge in [-0.2, -0.15) is 0 Å². The number of para-hydroxylation sites is 1. The number of ether oxygens (including phenoxy) is 1. The molecule has 0 fully saturated rings. The van der Waals surface area contributed by atoms with E-state index in [1.165, 1.54) is 6.07 Å². The smallest absolute Gasteiger partial charge is 0.166 e. The van der Waals surface area contributed by atoms with E-state index in [0.29, 0.717) is 5.75 Å². The summed E-state index contributed by atoms with van der Waals surface area (Å²) in [5, 5.41) is 3.25. The molecular formula is C16H17BrFNO. The van der Waals surface area contributed by atoms with Crippen LogP contribution in [-0.4, -0.2) is 6.54 Å². The standard InChI is InChI=1S/C16H17BrFNO/c1-3-19-11(2)12-8-9-16(14(18)10-12)20-15-7-5-4-6-13(15)17/h4-11,19H,3H2,1-2H3. The van der Waals surface area contributed by atoms with E-state index < -0.39 is 0 Å². The second-order valence-electron chi connectivity index (χ2n) is 4.50. The van der Waals surface area contributed by atoms with E-state index in [1.54, 1.807) is 12.1 Å². The van der Waals surface area contributed by atoms with Crippen molar-refractivity contribution in [2.75, 3.05) is 6.54 Å². The summed E-state index contributed by atoms with van der Waals surface area (Å²) < 4.78 is 20.5. The Labute approximate surface area is 127 Å². The predicted molar refractivity (Wildman–Crippen MR) is 82.7 cm³/mol. The summed E-state index contributed by atoms with van der Waals surface area (Å²) in [6, 6.07) is 12.5. The Bertz CT molecular complexity index is 588. The summed E-state index contributed by atoms with van der Waals surface area (Å²) in [4.78, 5) is 0. The lowest BCUT2D eigenvalue weighted by Gasteiger charge is -2.14. The highest BCUT2D eigenvalue weighted by Crippen LogP contribution is 2.31. The molecule has 0 amide bonds. The molecule has 0 aromatic heterocycles. The zero-order valence-corrected chi connectivity index (χ0v) is 13.1. The van der Waals surface area contributed by atoms with E-state index in [9.17, 15) is 4.39 Å². The number of rotatable bonds is 5. The Hall–Kier alpha value is -1.39. The van der Waals surface area contributed by atoms with Crippen molar-refractivity contribution in [1.29, 1.82) is 0 Å². The maximum atomic E-state index is 14.1. The zero-order valence-electron chi connectivity index (χ0n) is 11.5. The van der Waals surface area contributed by atoms with Crippen LogP contribution in [0.2, 0.25) is 0 Å². The highest BCUT2D eigenvalue weighted by molar-refractivity contribution is 9.10. The van der Waals surface area contributed by atoms with Gasteiger partial charge in [-0.05, 0) is 59.2 Å². The lowest BCUT2D eigenvalue weighted by atomic mass is 10.1. The first-order chi connectivity index (χ1) is 9.61. The molecule has 0 bridgehead atoms. The van der Waals surface area contributed by atoms with Crippen LogP contribution in [0.15, 0.2) is 46.9 Å². The third-order valence-electron chi connectivity index (χ3n) is 3.02. The molecule has 0 saturated carbocycles. The quantitative estimate of drug-likeness (QED) is 0.824. The third-order valence-corrected chi connectivity index (χ3v) is 3.68. The average molecular weight is 338 g/mol. The van der Waals surface area contributed by atoms with Crippen LogP contribution in [0.3, 0.4) is 0 Å². The van der Waals surface area contributed by atoms with Gasteiger partial charge < -0.3 is 10.1 Å². The normalized spacial score (nSPS) is 12.2. The van der Waals surface area contributed by atoms with Gasteiger partial charge in [-0.3, -0.25) is 0 Å². The highest BCUT2D eigenvalue weighted by atomic mass is 79.9. The molecule has 0 radical (unpaired) electrons. The lowest BCUT2D eigenvalue weighted by Crippen LogP contribution is -2.17. The molecule has 0 aliphatic rings. The highest BCUT2D eigenvalue weighted by Gasteiger charge is 2.11. The van der Waals surface area contributed by atoms with E-state index in [-0.39, 0.29) is 17.6 Å². The van der Waals surface area contributed by atoms with E-state index in [0.717, 1.165) is 16.6 Å². The predicted octanol–water partition coefficient (Wildman–Crippen LogP) is 5.05. The molecule has 2 rings (SSSR count). The molecule has 0 heterocycles. The largest absolute Gasteiger partial charge is 0.453 e. The number of nitrogens with one attached hydrogen (secondary N) is 1. The monoisotopic (exact) mass is 337 g/mol. The molecule has 20 heavy (non-hydrogen) atoms. The summed E-state index contributed by atoms with van der Waals surface area (Å²) in [5.41, 5.74) is 0.906. The maximum absolute atomic E-state index is 14.1. The van der Waals surface area contributed by atoms with Gasteiger partial charge in [0.25, 0.3) is 0 Å². The number of hydrogen-bond donors (Lipinski definition) is 1. The molecule has 2 aromatic carbocycles. The first kappa shape index (κ1) is 15.0. The molecule has 0 aliphatic heterocycles. The fourth-order valence-corrected chi connectivity index (χ4v) is 2.30. The third kappa shape index (κ3) is 3.58. The van der Waals surface area contributed by atoms with Crippen LogP contribution in [0.4, 0.5) is 4.39 Å². The van der Waals surface area contributed by atoms with Crippen molar-refractivity contribution >= 4 is 15.9 Å². The molecule has 1 N–H and O–H groups in total. The molecular weight excluding hydrogens is 321 g/mol. The van der Waals surface area contributed by atoms with Crippen LogP contribution in [0.1, 0.15) is 25.5 Å². The van der Waals surface area contributed by atoms with E-state index >= 15 is 0 Å². The van der Waals surface area contributed by atoms with Gasteiger partial charge in [0, 0.05) is 6.04 Å². The van der Waals surface area contributed by atoms with Crippen molar-refractivity contribution in [3.05, 3.63) is 58.3 Å². The minimum absolute atomic E-state index is 0.118. The van der Waals surface area contributed by atoms with Gasteiger partial charge in [0.15, 0.2) is 11.6 Å².